The normalized spacial score (nSPS) is 16.0. The van der Waals surface area contributed by atoms with E-state index in [-0.39, 0.29) is 21.7 Å². The van der Waals surface area contributed by atoms with Gasteiger partial charge in [-0.2, -0.15) is 0 Å². The average molecular weight is 726 g/mol. The van der Waals surface area contributed by atoms with Crippen molar-refractivity contribution in [3.05, 3.63) is 185 Å². The molecule has 56 heavy (non-hydrogen) atoms. The van der Waals surface area contributed by atoms with Crippen molar-refractivity contribution in [3.63, 3.8) is 0 Å². The Morgan fingerprint density at radius 2 is 0.857 bits per heavy atom. The standard InChI is InChI=1S/C55H51N/c1-52(2,3)35-30-34(38-21-16-25-46-50(38)41-19-11-14-23-44(41)53(46,4)5)31-37(32-35)56(36-28-29-40-39-18-10-13-22-43(39)55(8,9)48(40)33-36)49-27-17-26-47-51(49)42-20-12-15-24-45(42)54(47,6)7/h10-33H,1-9H3. The molecule has 3 aliphatic carbocycles. The molecule has 0 fully saturated rings. The van der Waals surface area contributed by atoms with E-state index in [0.29, 0.717) is 0 Å². The van der Waals surface area contributed by atoms with Gasteiger partial charge in [-0.1, -0.05) is 178 Å². The van der Waals surface area contributed by atoms with E-state index < -0.39 is 0 Å². The summed E-state index contributed by atoms with van der Waals surface area (Å²) in [6.07, 6.45) is 0. The van der Waals surface area contributed by atoms with Crippen LogP contribution in [0.4, 0.5) is 17.1 Å². The molecule has 0 N–H and O–H groups in total. The van der Waals surface area contributed by atoms with E-state index >= 15 is 0 Å². The van der Waals surface area contributed by atoms with Gasteiger partial charge in [0, 0.05) is 33.2 Å². The van der Waals surface area contributed by atoms with Crippen molar-refractivity contribution in [2.24, 2.45) is 0 Å². The van der Waals surface area contributed by atoms with E-state index in [1.54, 1.807) is 0 Å². The molecule has 276 valence electrons. The molecule has 0 unspecified atom stereocenters. The topological polar surface area (TPSA) is 3.24 Å². The van der Waals surface area contributed by atoms with Gasteiger partial charge in [-0.15, -0.1) is 0 Å². The van der Waals surface area contributed by atoms with Crippen LogP contribution in [-0.2, 0) is 21.7 Å². The fourth-order valence-electron chi connectivity index (χ4n) is 10.5. The summed E-state index contributed by atoms with van der Waals surface area (Å²) in [4.78, 5) is 2.58. The highest BCUT2D eigenvalue weighted by Gasteiger charge is 2.40. The molecule has 10 rings (SSSR count). The van der Waals surface area contributed by atoms with Crippen molar-refractivity contribution in [2.75, 3.05) is 4.90 Å². The average Bonchev–Trinajstić information content (AvgIpc) is 3.68. The van der Waals surface area contributed by atoms with Gasteiger partial charge in [0.15, 0.2) is 0 Å². The van der Waals surface area contributed by atoms with E-state index in [1.807, 2.05) is 0 Å². The highest BCUT2D eigenvalue weighted by molar-refractivity contribution is 5.98. The number of anilines is 3. The van der Waals surface area contributed by atoms with Crippen LogP contribution in [0.5, 0.6) is 0 Å². The predicted molar refractivity (Wildman–Crippen MR) is 238 cm³/mol. The third-order valence-electron chi connectivity index (χ3n) is 13.6. The minimum atomic E-state index is -0.121. The Bertz CT molecular complexity index is 2760. The Morgan fingerprint density at radius 1 is 0.375 bits per heavy atom. The maximum Gasteiger partial charge on any atom is 0.0543 e. The second kappa shape index (κ2) is 11.7. The first-order valence-electron chi connectivity index (χ1n) is 20.4. The number of hydrogen-bond donors (Lipinski definition) is 0. The highest BCUT2D eigenvalue weighted by atomic mass is 15.1. The van der Waals surface area contributed by atoms with Gasteiger partial charge in [0.2, 0.25) is 0 Å². The summed E-state index contributed by atoms with van der Waals surface area (Å²) in [5, 5.41) is 0. The lowest BCUT2D eigenvalue weighted by Crippen LogP contribution is -2.18. The molecule has 0 aliphatic heterocycles. The molecule has 7 aromatic carbocycles. The Morgan fingerprint density at radius 3 is 1.50 bits per heavy atom. The fourth-order valence-corrected chi connectivity index (χ4v) is 10.5. The van der Waals surface area contributed by atoms with Crippen molar-refractivity contribution in [2.45, 2.75) is 84.0 Å². The lowest BCUT2D eigenvalue weighted by atomic mass is 9.81. The minimum absolute atomic E-state index is 0.0714. The number of nitrogens with zero attached hydrogens (tertiary/aromatic N) is 1. The molecule has 0 amide bonds. The quantitative estimate of drug-likeness (QED) is 0.175. The van der Waals surface area contributed by atoms with Gasteiger partial charge < -0.3 is 4.90 Å². The predicted octanol–water partition coefficient (Wildman–Crippen LogP) is 15.0. The van der Waals surface area contributed by atoms with Crippen LogP contribution in [0, 0.1) is 0 Å². The second-order valence-corrected chi connectivity index (χ2v) is 19.0. The summed E-state index contributed by atoms with van der Waals surface area (Å²) in [5.74, 6) is 0. The van der Waals surface area contributed by atoms with E-state index in [4.69, 9.17) is 0 Å². The summed E-state index contributed by atoms with van der Waals surface area (Å²) in [6, 6.07) is 55.6. The Balaban J connectivity index is 1.27. The molecule has 1 nitrogen and oxygen atoms in total. The van der Waals surface area contributed by atoms with E-state index in [2.05, 4.69) is 213 Å². The van der Waals surface area contributed by atoms with E-state index in [0.717, 1.165) is 0 Å². The zero-order valence-corrected chi connectivity index (χ0v) is 34.3. The largest absolute Gasteiger partial charge is 0.310 e. The van der Waals surface area contributed by atoms with Crippen LogP contribution >= 0.6 is 0 Å². The van der Waals surface area contributed by atoms with Crippen LogP contribution in [-0.4, -0.2) is 0 Å². The molecule has 0 radical (unpaired) electrons. The summed E-state index contributed by atoms with van der Waals surface area (Å²) < 4.78 is 0. The molecule has 0 atom stereocenters. The maximum absolute atomic E-state index is 2.58. The second-order valence-electron chi connectivity index (χ2n) is 19.0. The van der Waals surface area contributed by atoms with Crippen LogP contribution in [0.2, 0.25) is 0 Å². The van der Waals surface area contributed by atoms with Gasteiger partial charge in [0.05, 0.1) is 5.69 Å². The van der Waals surface area contributed by atoms with Crippen LogP contribution in [0.25, 0.3) is 44.5 Å². The Labute approximate surface area is 333 Å². The van der Waals surface area contributed by atoms with Crippen LogP contribution in [0.3, 0.4) is 0 Å². The molecular weight excluding hydrogens is 675 g/mol. The highest BCUT2D eigenvalue weighted by Crippen LogP contribution is 2.57. The lowest BCUT2D eigenvalue weighted by molar-refractivity contribution is 0.590. The third-order valence-corrected chi connectivity index (χ3v) is 13.6. The van der Waals surface area contributed by atoms with Gasteiger partial charge in [-0.05, 0) is 114 Å². The van der Waals surface area contributed by atoms with Crippen molar-refractivity contribution >= 4 is 17.1 Å². The van der Waals surface area contributed by atoms with Crippen molar-refractivity contribution in [1.29, 1.82) is 0 Å². The first-order valence-corrected chi connectivity index (χ1v) is 20.4. The van der Waals surface area contributed by atoms with E-state index in [9.17, 15) is 0 Å². The first-order chi connectivity index (χ1) is 26.7. The van der Waals surface area contributed by atoms with Crippen LogP contribution in [0.15, 0.2) is 146 Å². The van der Waals surface area contributed by atoms with Crippen molar-refractivity contribution < 1.29 is 0 Å². The monoisotopic (exact) mass is 725 g/mol. The molecule has 7 aromatic rings. The summed E-state index contributed by atoms with van der Waals surface area (Å²) >= 11 is 0. The summed E-state index contributed by atoms with van der Waals surface area (Å²) in [7, 11) is 0. The molecule has 0 saturated heterocycles. The van der Waals surface area contributed by atoms with Gasteiger partial charge in [0.1, 0.15) is 0 Å². The fraction of sp³-hybridized carbons (Fsp3) is 0.236. The van der Waals surface area contributed by atoms with Gasteiger partial charge >= 0.3 is 0 Å². The van der Waals surface area contributed by atoms with Crippen LogP contribution < -0.4 is 4.90 Å². The Kier molecular flexibility index (Phi) is 7.26. The molecule has 0 aromatic heterocycles. The van der Waals surface area contributed by atoms with Crippen molar-refractivity contribution in [3.8, 4) is 44.5 Å². The number of fused-ring (bicyclic) bond motifs is 9. The van der Waals surface area contributed by atoms with Gasteiger partial charge in [-0.3, -0.25) is 0 Å². The zero-order chi connectivity index (χ0) is 38.9. The SMILES string of the molecule is CC(C)(C)c1cc(-c2cccc3c2-c2ccccc2C3(C)C)cc(N(c2ccc3c(c2)C(C)(C)c2ccccc2-3)c2cccc3c2-c2ccccc2C3(C)C)c1. The maximum atomic E-state index is 2.58. The summed E-state index contributed by atoms with van der Waals surface area (Å²) in [6.45, 7) is 21.3. The minimum Gasteiger partial charge on any atom is -0.310 e. The van der Waals surface area contributed by atoms with Gasteiger partial charge in [-0.25, -0.2) is 0 Å². The molecule has 0 spiro atoms. The van der Waals surface area contributed by atoms with Crippen molar-refractivity contribution in [1.82, 2.24) is 0 Å². The molecule has 1 heteroatoms. The lowest BCUT2D eigenvalue weighted by Gasteiger charge is -2.32. The third kappa shape index (κ3) is 4.79. The molecule has 0 bridgehead atoms. The smallest absolute Gasteiger partial charge is 0.0543 e. The number of hydrogen-bond acceptors (Lipinski definition) is 1. The van der Waals surface area contributed by atoms with E-state index in [1.165, 1.54) is 101 Å². The molecule has 0 heterocycles. The summed E-state index contributed by atoms with van der Waals surface area (Å²) in [5.41, 5.74) is 23.5. The Hall–Kier alpha value is -5.66. The first kappa shape index (κ1) is 34.8. The van der Waals surface area contributed by atoms with Crippen LogP contribution in [0.1, 0.15) is 101 Å². The molecule has 3 aliphatic rings. The van der Waals surface area contributed by atoms with Gasteiger partial charge in [0.25, 0.3) is 0 Å². The molecular formula is C55H51N. The zero-order valence-electron chi connectivity index (χ0n) is 34.3. The number of rotatable bonds is 4. The molecule has 0 saturated carbocycles. The number of benzene rings is 7.